The monoisotopic (exact) mass is 360 g/mol. The van der Waals surface area contributed by atoms with Crippen LogP contribution in [0, 0.1) is 0 Å². The number of benzene rings is 1. The Bertz CT molecular complexity index is 581. The summed E-state index contributed by atoms with van der Waals surface area (Å²) in [7, 11) is 0. The molecule has 4 amide bonds. The van der Waals surface area contributed by atoms with Gasteiger partial charge in [0.15, 0.2) is 0 Å². The van der Waals surface area contributed by atoms with Gasteiger partial charge in [-0.1, -0.05) is 36.5 Å². The molecule has 0 radical (unpaired) electrons. The predicted molar refractivity (Wildman–Crippen MR) is 88.4 cm³/mol. The Hall–Kier alpha value is -1.99. The first-order valence-corrected chi connectivity index (χ1v) is 7.75. The molecule has 1 aromatic carbocycles. The van der Waals surface area contributed by atoms with Crippen LogP contribution in [0.4, 0.5) is 4.79 Å². The third-order valence-corrected chi connectivity index (χ3v) is 3.26. The topological polar surface area (TPSA) is 99.3 Å². The molecule has 7 nitrogen and oxygen atoms in total. The fourth-order valence-corrected chi connectivity index (χ4v) is 2.02. The third-order valence-electron chi connectivity index (χ3n) is 2.72. The first-order chi connectivity index (χ1) is 10.9. The highest BCUT2D eigenvalue weighted by Gasteiger charge is 2.12. The molecule has 0 aromatic heterocycles. The summed E-state index contributed by atoms with van der Waals surface area (Å²) in [5.41, 5.74) is 4.55. The zero-order valence-electron chi connectivity index (χ0n) is 12.5. The van der Waals surface area contributed by atoms with Crippen LogP contribution in [0.2, 0.25) is 10.0 Å². The lowest BCUT2D eigenvalue weighted by Crippen LogP contribution is -2.50. The minimum atomic E-state index is -0.575. The van der Waals surface area contributed by atoms with E-state index in [1.807, 2.05) is 6.92 Å². The molecular formula is C14H18Cl2N4O3. The molecule has 0 bridgehead atoms. The molecule has 1 rings (SSSR count). The summed E-state index contributed by atoms with van der Waals surface area (Å²) in [6, 6.07) is 3.89. The van der Waals surface area contributed by atoms with Crippen LogP contribution in [0.3, 0.4) is 0 Å². The summed E-state index contributed by atoms with van der Waals surface area (Å²) in [5.74, 6) is -1.09. The summed E-state index contributed by atoms with van der Waals surface area (Å²) < 4.78 is 0. The van der Waals surface area contributed by atoms with E-state index in [9.17, 15) is 14.4 Å². The molecule has 0 heterocycles. The maximum Gasteiger partial charge on any atom is 0.333 e. The first-order valence-electron chi connectivity index (χ1n) is 7.00. The van der Waals surface area contributed by atoms with Gasteiger partial charge in [-0.25, -0.2) is 10.2 Å². The Labute approximate surface area is 144 Å². The lowest BCUT2D eigenvalue weighted by molar-refractivity contribution is -0.120. The van der Waals surface area contributed by atoms with Gasteiger partial charge in [0.05, 0.1) is 17.1 Å². The van der Waals surface area contributed by atoms with E-state index < -0.39 is 17.8 Å². The standard InChI is InChI=1S/C14H18Cl2N4O3/c1-2-3-6-17-14(23)20-19-12(21)8-18-13(22)10-5-4-9(15)7-11(10)16/h4-5,7H,2-3,6,8H2,1H3,(H,18,22)(H,19,21)(H2,17,20,23). The van der Waals surface area contributed by atoms with Crippen molar-refractivity contribution in [3.05, 3.63) is 33.8 Å². The number of amides is 4. The second kappa shape index (κ2) is 9.91. The van der Waals surface area contributed by atoms with Crippen molar-refractivity contribution in [3.8, 4) is 0 Å². The van der Waals surface area contributed by atoms with Crippen molar-refractivity contribution in [2.24, 2.45) is 0 Å². The minimum absolute atomic E-state index is 0.184. The third kappa shape index (κ3) is 7.21. The van der Waals surface area contributed by atoms with Gasteiger partial charge in [-0.3, -0.25) is 15.0 Å². The fourth-order valence-electron chi connectivity index (χ4n) is 1.52. The molecule has 0 saturated carbocycles. The molecule has 0 spiro atoms. The van der Waals surface area contributed by atoms with Crippen molar-refractivity contribution < 1.29 is 14.4 Å². The van der Waals surface area contributed by atoms with E-state index in [-0.39, 0.29) is 17.1 Å². The lowest BCUT2D eigenvalue weighted by Gasteiger charge is -2.10. The zero-order valence-corrected chi connectivity index (χ0v) is 14.1. The smallest absolute Gasteiger partial charge is 0.333 e. The van der Waals surface area contributed by atoms with Crippen LogP contribution in [0.1, 0.15) is 30.1 Å². The van der Waals surface area contributed by atoms with Crippen molar-refractivity contribution in [3.63, 3.8) is 0 Å². The average Bonchev–Trinajstić information content (AvgIpc) is 2.51. The van der Waals surface area contributed by atoms with Crippen LogP contribution in [-0.4, -0.2) is 30.9 Å². The number of rotatable bonds is 6. The predicted octanol–water partition coefficient (Wildman–Crippen LogP) is 1.85. The largest absolute Gasteiger partial charge is 0.343 e. The molecule has 9 heteroatoms. The molecule has 0 atom stereocenters. The number of urea groups is 1. The average molecular weight is 361 g/mol. The number of hydrogen-bond donors (Lipinski definition) is 4. The molecule has 0 aliphatic carbocycles. The molecule has 0 saturated heterocycles. The van der Waals surface area contributed by atoms with E-state index in [1.165, 1.54) is 18.2 Å². The van der Waals surface area contributed by atoms with Crippen LogP contribution in [-0.2, 0) is 4.79 Å². The highest BCUT2D eigenvalue weighted by molar-refractivity contribution is 6.36. The Morgan fingerprint density at radius 2 is 1.83 bits per heavy atom. The molecule has 1 aromatic rings. The molecule has 126 valence electrons. The Morgan fingerprint density at radius 1 is 1.09 bits per heavy atom. The summed E-state index contributed by atoms with van der Waals surface area (Å²) >= 11 is 11.6. The van der Waals surface area contributed by atoms with Gasteiger partial charge in [-0.2, -0.15) is 0 Å². The van der Waals surface area contributed by atoms with Crippen LogP contribution in [0.15, 0.2) is 18.2 Å². The molecular weight excluding hydrogens is 343 g/mol. The second-order valence-corrected chi connectivity index (χ2v) is 5.43. The second-order valence-electron chi connectivity index (χ2n) is 4.59. The van der Waals surface area contributed by atoms with Gasteiger partial charge in [0.2, 0.25) is 0 Å². The molecule has 0 unspecified atom stereocenters. The fraction of sp³-hybridized carbons (Fsp3) is 0.357. The lowest BCUT2D eigenvalue weighted by atomic mass is 10.2. The number of unbranched alkanes of at least 4 members (excludes halogenated alkanes) is 1. The summed E-state index contributed by atoms with van der Waals surface area (Å²) in [6.07, 6.45) is 1.80. The van der Waals surface area contributed by atoms with Gasteiger partial charge >= 0.3 is 6.03 Å². The number of hydrazine groups is 1. The maximum atomic E-state index is 11.9. The van der Waals surface area contributed by atoms with Crippen LogP contribution >= 0.6 is 23.2 Å². The van der Waals surface area contributed by atoms with Crippen molar-refractivity contribution >= 4 is 41.0 Å². The van der Waals surface area contributed by atoms with Gasteiger partial charge in [0, 0.05) is 11.6 Å². The Kier molecular flexibility index (Phi) is 8.21. The summed E-state index contributed by atoms with van der Waals surface area (Å²) in [4.78, 5) is 34.7. The molecule has 4 N–H and O–H groups in total. The number of carbonyl (C=O) groups excluding carboxylic acids is 3. The summed E-state index contributed by atoms with van der Waals surface area (Å²) in [5, 5.41) is 5.53. The quantitative estimate of drug-likeness (QED) is 0.460. The summed E-state index contributed by atoms with van der Waals surface area (Å²) in [6.45, 7) is 2.20. The Morgan fingerprint density at radius 3 is 2.48 bits per heavy atom. The van der Waals surface area contributed by atoms with E-state index in [0.29, 0.717) is 11.6 Å². The van der Waals surface area contributed by atoms with Gasteiger partial charge in [0.25, 0.3) is 11.8 Å². The van der Waals surface area contributed by atoms with E-state index >= 15 is 0 Å². The number of hydrogen-bond acceptors (Lipinski definition) is 3. The van der Waals surface area contributed by atoms with E-state index in [1.54, 1.807) is 0 Å². The maximum absolute atomic E-state index is 11.9. The number of halogens is 2. The normalized spacial score (nSPS) is 9.87. The Balaban J connectivity index is 2.32. The van der Waals surface area contributed by atoms with E-state index in [4.69, 9.17) is 23.2 Å². The van der Waals surface area contributed by atoms with Gasteiger partial charge in [-0.15, -0.1) is 0 Å². The number of nitrogens with one attached hydrogen (secondary N) is 4. The van der Waals surface area contributed by atoms with Crippen molar-refractivity contribution in [2.45, 2.75) is 19.8 Å². The van der Waals surface area contributed by atoms with Gasteiger partial charge in [-0.05, 0) is 24.6 Å². The van der Waals surface area contributed by atoms with Gasteiger partial charge in [0.1, 0.15) is 0 Å². The van der Waals surface area contributed by atoms with Crippen molar-refractivity contribution in [1.82, 2.24) is 21.5 Å². The highest BCUT2D eigenvalue weighted by atomic mass is 35.5. The molecule has 0 aliphatic heterocycles. The van der Waals surface area contributed by atoms with Crippen LogP contribution in [0.25, 0.3) is 0 Å². The highest BCUT2D eigenvalue weighted by Crippen LogP contribution is 2.20. The SMILES string of the molecule is CCCCNC(=O)NNC(=O)CNC(=O)c1ccc(Cl)cc1Cl. The van der Waals surface area contributed by atoms with Crippen molar-refractivity contribution in [2.75, 3.05) is 13.1 Å². The molecule has 23 heavy (non-hydrogen) atoms. The number of carbonyl (C=O) groups is 3. The van der Waals surface area contributed by atoms with E-state index in [2.05, 4.69) is 21.5 Å². The zero-order chi connectivity index (χ0) is 17.2. The molecule has 0 aliphatic rings. The van der Waals surface area contributed by atoms with Crippen LogP contribution in [0.5, 0.6) is 0 Å². The molecule has 0 fully saturated rings. The van der Waals surface area contributed by atoms with E-state index in [0.717, 1.165) is 12.8 Å². The van der Waals surface area contributed by atoms with Crippen LogP contribution < -0.4 is 21.5 Å². The van der Waals surface area contributed by atoms with Crippen molar-refractivity contribution in [1.29, 1.82) is 0 Å². The van der Waals surface area contributed by atoms with Gasteiger partial charge < -0.3 is 10.6 Å². The first kappa shape index (κ1) is 19.1. The minimum Gasteiger partial charge on any atom is -0.343 e.